The van der Waals surface area contributed by atoms with Gasteiger partial charge in [0.2, 0.25) is 0 Å². The molecule has 2 N–H and O–H groups in total. The SMILES string of the molecule is CNCCOC(C)C(C)O. The molecule has 0 rings (SSSR count). The van der Waals surface area contributed by atoms with Gasteiger partial charge in [0.1, 0.15) is 0 Å². The maximum absolute atomic E-state index is 8.97. The van der Waals surface area contributed by atoms with Crippen molar-refractivity contribution in [3.63, 3.8) is 0 Å². The van der Waals surface area contributed by atoms with E-state index in [0.29, 0.717) is 6.61 Å². The van der Waals surface area contributed by atoms with Gasteiger partial charge in [0.05, 0.1) is 18.8 Å². The molecular formula is C7H17NO2. The van der Waals surface area contributed by atoms with Crippen molar-refractivity contribution < 1.29 is 9.84 Å². The average Bonchev–Trinajstić information content (AvgIpc) is 1.88. The predicted octanol–water partition coefficient (Wildman–Crippen LogP) is -0.00830. The Labute approximate surface area is 62.4 Å². The van der Waals surface area contributed by atoms with Gasteiger partial charge in [-0.05, 0) is 20.9 Å². The molecule has 0 saturated heterocycles. The maximum atomic E-state index is 8.97. The monoisotopic (exact) mass is 147 g/mol. The fourth-order valence-electron chi connectivity index (χ4n) is 0.486. The van der Waals surface area contributed by atoms with Crippen molar-refractivity contribution in [2.45, 2.75) is 26.1 Å². The van der Waals surface area contributed by atoms with E-state index in [1.165, 1.54) is 0 Å². The lowest BCUT2D eigenvalue weighted by Gasteiger charge is -2.14. The van der Waals surface area contributed by atoms with E-state index in [1.54, 1.807) is 6.92 Å². The van der Waals surface area contributed by atoms with Gasteiger partial charge in [0, 0.05) is 6.54 Å². The molecule has 2 atom stereocenters. The summed E-state index contributed by atoms with van der Waals surface area (Å²) in [4.78, 5) is 0. The highest BCUT2D eigenvalue weighted by Crippen LogP contribution is 1.95. The molecule has 0 aromatic carbocycles. The molecule has 2 unspecified atom stereocenters. The molecule has 62 valence electrons. The number of likely N-dealkylation sites (N-methyl/N-ethyl adjacent to an activating group) is 1. The van der Waals surface area contributed by atoms with E-state index < -0.39 is 0 Å². The second kappa shape index (κ2) is 5.65. The summed E-state index contributed by atoms with van der Waals surface area (Å²) in [6.07, 6.45) is -0.440. The highest BCUT2D eigenvalue weighted by Gasteiger charge is 2.06. The molecule has 0 aromatic rings. The lowest BCUT2D eigenvalue weighted by atomic mass is 10.3. The van der Waals surface area contributed by atoms with Gasteiger partial charge >= 0.3 is 0 Å². The van der Waals surface area contributed by atoms with Crippen molar-refractivity contribution in [2.24, 2.45) is 0 Å². The summed E-state index contributed by atoms with van der Waals surface area (Å²) in [6.45, 7) is 5.07. The standard InChI is InChI=1S/C7H17NO2/c1-6(9)7(2)10-5-4-8-3/h6-9H,4-5H2,1-3H3. The topological polar surface area (TPSA) is 41.5 Å². The zero-order valence-corrected chi connectivity index (χ0v) is 6.92. The van der Waals surface area contributed by atoms with Crippen LogP contribution in [0.4, 0.5) is 0 Å². The van der Waals surface area contributed by atoms with Gasteiger partial charge in [-0.15, -0.1) is 0 Å². The number of ether oxygens (including phenoxy) is 1. The molecule has 3 nitrogen and oxygen atoms in total. The molecular weight excluding hydrogens is 130 g/mol. The Morgan fingerprint density at radius 3 is 2.50 bits per heavy atom. The molecule has 0 bridgehead atoms. The van der Waals surface area contributed by atoms with Crippen LogP contribution >= 0.6 is 0 Å². The van der Waals surface area contributed by atoms with Gasteiger partial charge in [-0.3, -0.25) is 0 Å². The normalized spacial score (nSPS) is 16.8. The second-order valence-corrected chi connectivity index (χ2v) is 2.42. The third-order valence-corrected chi connectivity index (χ3v) is 1.41. The van der Waals surface area contributed by atoms with Crippen molar-refractivity contribution in [2.75, 3.05) is 20.2 Å². The van der Waals surface area contributed by atoms with Crippen molar-refractivity contribution in [1.29, 1.82) is 0 Å². The Bertz CT molecular complexity index is 76.0. The second-order valence-electron chi connectivity index (χ2n) is 2.42. The molecule has 3 heteroatoms. The fourth-order valence-corrected chi connectivity index (χ4v) is 0.486. The van der Waals surface area contributed by atoms with Crippen molar-refractivity contribution in [3.8, 4) is 0 Å². The molecule has 0 aliphatic heterocycles. The summed E-state index contributed by atoms with van der Waals surface area (Å²) in [5.41, 5.74) is 0. The van der Waals surface area contributed by atoms with Crippen molar-refractivity contribution >= 4 is 0 Å². The summed E-state index contributed by atoms with van der Waals surface area (Å²) in [6, 6.07) is 0. The molecule has 0 heterocycles. The molecule has 0 amide bonds. The van der Waals surface area contributed by atoms with Gasteiger partial charge in [-0.1, -0.05) is 0 Å². The van der Waals surface area contributed by atoms with Crippen LogP contribution in [-0.2, 0) is 4.74 Å². The first-order valence-electron chi connectivity index (χ1n) is 3.62. The Balaban J connectivity index is 3.13. The summed E-state index contributed by atoms with van der Waals surface area (Å²) < 4.78 is 5.23. The van der Waals surface area contributed by atoms with Crippen molar-refractivity contribution in [1.82, 2.24) is 5.32 Å². The van der Waals surface area contributed by atoms with Crippen LogP contribution in [0.5, 0.6) is 0 Å². The average molecular weight is 147 g/mol. The first-order valence-corrected chi connectivity index (χ1v) is 3.62. The number of nitrogens with one attached hydrogen (secondary N) is 1. The first kappa shape index (κ1) is 9.88. The van der Waals surface area contributed by atoms with E-state index in [-0.39, 0.29) is 12.2 Å². The minimum atomic E-state index is -0.378. The molecule has 0 aliphatic carbocycles. The minimum Gasteiger partial charge on any atom is -0.391 e. The first-order chi connectivity index (χ1) is 4.68. The van der Waals surface area contributed by atoms with E-state index in [1.807, 2.05) is 14.0 Å². The summed E-state index contributed by atoms with van der Waals surface area (Å²) >= 11 is 0. The maximum Gasteiger partial charge on any atom is 0.0803 e. The molecule has 0 aromatic heterocycles. The van der Waals surface area contributed by atoms with Crippen LogP contribution in [0.3, 0.4) is 0 Å². The lowest BCUT2D eigenvalue weighted by molar-refractivity contribution is -0.0162. The quantitative estimate of drug-likeness (QED) is 0.537. The van der Waals surface area contributed by atoms with Crippen LogP contribution < -0.4 is 5.32 Å². The van der Waals surface area contributed by atoms with Crippen LogP contribution in [0.15, 0.2) is 0 Å². The number of hydrogen-bond acceptors (Lipinski definition) is 3. The number of aliphatic hydroxyl groups excluding tert-OH is 1. The van der Waals surface area contributed by atoms with E-state index in [0.717, 1.165) is 6.54 Å². The summed E-state index contributed by atoms with van der Waals surface area (Å²) in [5.74, 6) is 0. The number of aliphatic hydroxyl groups is 1. The molecule has 0 radical (unpaired) electrons. The predicted molar refractivity (Wildman–Crippen MR) is 41.0 cm³/mol. The highest BCUT2D eigenvalue weighted by molar-refractivity contribution is 4.56. The third-order valence-electron chi connectivity index (χ3n) is 1.41. The molecule has 0 saturated carbocycles. The smallest absolute Gasteiger partial charge is 0.0803 e. The zero-order chi connectivity index (χ0) is 7.98. The zero-order valence-electron chi connectivity index (χ0n) is 6.92. The van der Waals surface area contributed by atoms with Crippen LogP contribution in [-0.4, -0.2) is 37.5 Å². The van der Waals surface area contributed by atoms with Crippen LogP contribution in [0.1, 0.15) is 13.8 Å². The van der Waals surface area contributed by atoms with Gasteiger partial charge in [-0.25, -0.2) is 0 Å². The Kier molecular flexibility index (Phi) is 5.58. The largest absolute Gasteiger partial charge is 0.391 e. The van der Waals surface area contributed by atoms with E-state index in [4.69, 9.17) is 9.84 Å². The van der Waals surface area contributed by atoms with Gasteiger partial charge in [0.25, 0.3) is 0 Å². The van der Waals surface area contributed by atoms with Gasteiger partial charge in [0.15, 0.2) is 0 Å². The lowest BCUT2D eigenvalue weighted by Crippen LogP contribution is -2.26. The van der Waals surface area contributed by atoms with Gasteiger partial charge in [-0.2, -0.15) is 0 Å². The Morgan fingerprint density at radius 1 is 1.50 bits per heavy atom. The van der Waals surface area contributed by atoms with Crippen LogP contribution in [0.2, 0.25) is 0 Å². The number of hydrogen-bond donors (Lipinski definition) is 2. The highest BCUT2D eigenvalue weighted by atomic mass is 16.5. The summed E-state index contributed by atoms with van der Waals surface area (Å²) in [5, 5.41) is 11.9. The Morgan fingerprint density at radius 2 is 2.10 bits per heavy atom. The van der Waals surface area contributed by atoms with E-state index in [9.17, 15) is 0 Å². The molecule has 0 aliphatic rings. The van der Waals surface area contributed by atoms with Crippen molar-refractivity contribution in [3.05, 3.63) is 0 Å². The molecule has 0 spiro atoms. The molecule has 10 heavy (non-hydrogen) atoms. The Hall–Kier alpha value is -0.120. The van der Waals surface area contributed by atoms with E-state index in [2.05, 4.69) is 5.32 Å². The van der Waals surface area contributed by atoms with Crippen LogP contribution in [0, 0.1) is 0 Å². The third kappa shape index (κ3) is 4.73. The van der Waals surface area contributed by atoms with Crippen LogP contribution in [0.25, 0.3) is 0 Å². The fraction of sp³-hybridized carbons (Fsp3) is 1.00. The minimum absolute atomic E-state index is 0.0617. The number of rotatable bonds is 5. The molecule has 0 fully saturated rings. The van der Waals surface area contributed by atoms with Gasteiger partial charge < -0.3 is 15.2 Å². The van der Waals surface area contributed by atoms with E-state index >= 15 is 0 Å². The summed E-state index contributed by atoms with van der Waals surface area (Å²) in [7, 11) is 1.87.